The van der Waals surface area contributed by atoms with Crippen LogP contribution in [0.25, 0.3) is 5.69 Å². The van der Waals surface area contributed by atoms with Crippen molar-refractivity contribution in [2.75, 3.05) is 5.32 Å². The Morgan fingerprint density at radius 1 is 1.04 bits per heavy atom. The van der Waals surface area contributed by atoms with Crippen molar-refractivity contribution in [3.8, 4) is 5.69 Å². The molecule has 0 aliphatic rings. The molecule has 0 radical (unpaired) electrons. The van der Waals surface area contributed by atoms with E-state index in [1.165, 1.54) is 0 Å². The van der Waals surface area contributed by atoms with E-state index >= 15 is 0 Å². The molecule has 0 saturated carbocycles. The lowest BCUT2D eigenvalue weighted by Gasteiger charge is -2.10. The van der Waals surface area contributed by atoms with Gasteiger partial charge in [-0.15, -0.1) is 0 Å². The van der Waals surface area contributed by atoms with Crippen LogP contribution in [0.5, 0.6) is 0 Å². The lowest BCUT2D eigenvalue weighted by molar-refractivity contribution is 0.102. The van der Waals surface area contributed by atoms with Crippen molar-refractivity contribution >= 4 is 11.6 Å². The van der Waals surface area contributed by atoms with Gasteiger partial charge in [0.1, 0.15) is 0 Å². The SMILES string of the molecule is Cc1cc(C(=O)Nc2ccc(-n3cccn3)cc2)c(C)n1Cc1ccccn1. The maximum Gasteiger partial charge on any atom is 0.257 e. The zero-order valence-electron chi connectivity index (χ0n) is 15.8. The molecule has 4 aromatic rings. The normalized spacial score (nSPS) is 10.8. The van der Waals surface area contributed by atoms with Gasteiger partial charge >= 0.3 is 0 Å². The fourth-order valence-electron chi connectivity index (χ4n) is 3.25. The second-order valence-corrected chi connectivity index (χ2v) is 6.64. The average Bonchev–Trinajstić information content (AvgIpc) is 3.34. The Balaban J connectivity index is 1.51. The van der Waals surface area contributed by atoms with Crippen LogP contribution in [0.1, 0.15) is 27.4 Å². The van der Waals surface area contributed by atoms with E-state index in [4.69, 9.17) is 0 Å². The van der Waals surface area contributed by atoms with E-state index in [2.05, 4.69) is 20.0 Å². The molecule has 6 nitrogen and oxygen atoms in total. The van der Waals surface area contributed by atoms with Crippen LogP contribution in [-0.4, -0.2) is 25.2 Å². The summed E-state index contributed by atoms with van der Waals surface area (Å²) in [7, 11) is 0. The number of pyridine rings is 1. The molecule has 0 atom stereocenters. The zero-order valence-corrected chi connectivity index (χ0v) is 15.8. The van der Waals surface area contributed by atoms with Gasteiger partial charge in [0.25, 0.3) is 5.91 Å². The van der Waals surface area contributed by atoms with Gasteiger partial charge in [-0.1, -0.05) is 6.07 Å². The minimum Gasteiger partial charge on any atom is -0.342 e. The smallest absolute Gasteiger partial charge is 0.257 e. The molecule has 0 aliphatic carbocycles. The molecule has 140 valence electrons. The Bertz CT molecular complexity index is 1080. The number of anilines is 1. The highest BCUT2D eigenvalue weighted by atomic mass is 16.1. The van der Waals surface area contributed by atoms with E-state index in [-0.39, 0.29) is 5.91 Å². The predicted molar refractivity (Wildman–Crippen MR) is 109 cm³/mol. The second-order valence-electron chi connectivity index (χ2n) is 6.64. The van der Waals surface area contributed by atoms with Gasteiger partial charge in [0.2, 0.25) is 0 Å². The largest absolute Gasteiger partial charge is 0.342 e. The first-order chi connectivity index (χ1) is 13.6. The van der Waals surface area contributed by atoms with Crippen LogP contribution in [0.3, 0.4) is 0 Å². The van der Waals surface area contributed by atoms with Crippen LogP contribution in [0.15, 0.2) is 73.2 Å². The highest BCUT2D eigenvalue weighted by Gasteiger charge is 2.16. The molecule has 0 fully saturated rings. The highest BCUT2D eigenvalue weighted by Crippen LogP contribution is 2.19. The van der Waals surface area contributed by atoms with Crippen molar-refractivity contribution < 1.29 is 4.79 Å². The summed E-state index contributed by atoms with van der Waals surface area (Å²) in [6.45, 7) is 4.61. The molecule has 0 spiro atoms. The van der Waals surface area contributed by atoms with E-state index in [0.29, 0.717) is 12.1 Å². The topological polar surface area (TPSA) is 64.7 Å². The fourth-order valence-corrected chi connectivity index (χ4v) is 3.25. The summed E-state index contributed by atoms with van der Waals surface area (Å²) in [5.41, 5.74) is 5.28. The number of nitrogens with one attached hydrogen (secondary N) is 1. The van der Waals surface area contributed by atoms with Gasteiger partial charge in [-0.2, -0.15) is 5.10 Å². The van der Waals surface area contributed by atoms with Crippen LogP contribution in [-0.2, 0) is 6.54 Å². The van der Waals surface area contributed by atoms with Crippen molar-refractivity contribution in [3.63, 3.8) is 0 Å². The summed E-state index contributed by atoms with van der Waals surface area (Å²) in [5, 5.41) is 7.18. The van der Waals surface area contributed by atoms with Crippen LogP contribution < -0.4 is 5.32 Å². The fraction of sp³-hybridized carbons (Fsp3) is 0.136. The summed E-state index contributed by atoms with van der Waals surface area (Å²) in [6.07, 6.45) is 5.39. The third-order valence-electron chi connectivity index (χ3n) is 4.76. The number of carbonyl (C=O) groups is 1. The summed E-state index contributed by atoms with van der Waals surface area (Å²) in [5.74, 6) is -0.118. The monoisotopic (exact) mass is 371 g/mol. The number of hydrogen-bond acceptors (Lipinski definition) is 3. The lowest BCUT2D eigenvalue weighted by Crippen LogP contribution is -2.13. The Kier molecular flexibility index (Phi) is 4.76. The van der Waals surface area contributed by atoms with Gasteiger partial charge in [-0.25, -0.2) is 4.68 Å². The number of hydrogen-bond donors (Lipinski definition) is 1. The maximum atomic E-state index is 12.8. The average molecular weight is 371 g/mol. The summed E-state index contributed by atoms with van der Waals surface area (Å²) >= 11 is 0. The number of aryl methyl sites for hydroxylation is 1. The number of nitrogens with zero attached hydrogens (tertiary/aromatic N) is 4. The first-order valence-corrected chi connectivity index (χ1v) is 9.10. The number of amides is 1. The minimum absolute atomic E-state index is 0.118. The molecule has 6 heteroatoms. The van der Waals surface area contributed by atoms with Crippen molar-refractivity contribution in [2.24, 2.45) is 0 Å². The van der Waals surface area contributed by atoms with E-state index < -0.39 is 0 Å². The maximum absolute atomic E-state index is 12.8. The van der Waals surface area contributed by atoms with Crippen molar-refractivity contribution in [3.05, 3.63) is 95.8 Å². The second kappa shape index (κ2) is 7.52. The van der Waals surface area contributed by atoms with Gasteiger partial charge in [-0.3, -0.25) is 9.78 Å². The van der Waals surface area contributed by atoms with E-state index in [1.54, 1.807) is 17.1 Å². The quantitative estimate of drug-likeness (QED) is 0.577. The van der Waals surface area contributed by atoms with Crippen molar-refractivity contribution in [1.29, 1.82) is 0 Å². The molecule has 0 unspecified atom stereocenters. The third kappa shape index (κ3) is 3.57. The molecule has 1 amide bonds. The molecular weight excluding hydrogens is 350 g/mol. The third-order valence-corrected chi connectivity index (χ3v) is 4.76. The lowest BCUT2D eigenvalue weighted by atomic mass is 10.2. The Morgan fingerprint density at radius 3 is 2.54 bits per heavy atom. The van der Waals surface area contributed by atoms with E-state index in [1.807, 2.05) is 74.6 Å². The Hall–Kier alpha value is -3.67. The van der Waals surface area contributed by atoms with E-state index in [9.17, 15) is 4.79 Å². The molecule has 3 aromatic heterocycles. The molecule has 28 heavy (non-hydrogen) atoms. The number of benzene rings is 1. The predicted octanol–water partition coefficient (Wildman–Crippen LogP) is 3.99. The van der Waals surface area contributed by atoms with Gasteiger partial charge in [0.15, 0.2) is 0 Å². The molecule has 3 heterocycles. The molecule has 0 saturated heterocycles. The first-order valence-electron chi connectivity index (χ1n) is 9.10. The van der Waals surface area contributed by atoms with Crippen LogP contribution in [0, 0.1) is 13.8 Å². The van der Waals surface area contributed by atoms with Crippen LogP contribution in [0.4, 0.5) is 5.69 Å². The molecule has 0 bridgehead atoms. The van der Waals surface area contributed by atoms with Crippen molar-refractivity contribution in [2.45, 2.75) is 20.4 Å². The molecule has 1 N–H and O–H groups in total. The number of carbonyl (C=O) groups excluding carboxylic acids is 1. The highest BCUT2D eigenvalue weighted by molar-refractivity contribution is 6.05. The molecule has 1 aromatic carbocycles. The summed E-state index contributed by atoms with van der Waals surface area (Å²) in [6, 6.07) is 17.2. The van der Waals surface area contributed by atoms with Crippen molar-refractivity contribution in [1.82, 2.24) is 19.3 Å². The molecule has 0 aliphatic heterocycles. The summed E-state index contributed by atoms with van der Waals surface area (Å²) in [4.78, 5) is 17.2. The standard InChI is InChI=1S/C22H21N5O/c1-16-14-21(17(2)26(16)15-19-6-3-4-11-23-19)22(28)25-18-7-9-20(10-8-18)27-13-5-12-24-27/h3-14H,15H2,1-2H3,(H,25,28). The first kappa shape index (κ1) is 17.7. The summed E-state index contributed by atoms with van der Waals surface area (Å²) < 4.78 is 3.88. The van der Waals surface area contributed by atoms with Gasteiger partial charge in [0.05, 0.1) is 23.5 Å². The number of rotatable bonds is 5. The van der Waals surface area contributed by atoms with Crippen LogP contribution in [0.2, 0.25) is 0 Å². The van der Waals surface area contributed by atoms with E-state index in [0.717, 1.165) is 28.5 Å². The van der Waals surface area contributed by atoms with Crippen LogP contribution >= 0.6 is 0 Å². The number of aromatic nitrogens is 4. The van der Waals surface area contributed by atoms with Gasteiger partial charge in [-0.05, 0) is 62.4 Å². The minimum atomic E-state index is -0.118. The molecular formula is C22H21N5O. The Morgan fingerprint density at radius 2 is 1.86 bits per heavy atom. The zero-order chi connectivity index (χ0) is 19.5. The van der Waals surface area contributed by atoms with Gasteiger partial charge in [0, 0.05) is 35.7 Å². The van der Waals surface area contributed by atoms with Gasteiger partial charge < -0.3 is 9.88 Å². The Labute approximate surface area is 163 Å². The molecule has 4 rings (SSSR count).